The third kappa shape index (κ3) is 2.52. The molecule has 4 rings (SSSR count). The molecule has 122 valence electrons. The van der Waals surface area contributed by atoms with Crippen LogP contribution in [0.4, 0.5) is 5.69 Å². The topological polar surface area (TPSA) is 55.6 Å². The van der Waals surface area contributed by atoms with Crippen LogP contribution in [0.25, 0.3) is 5.65 Å². The Kier molecular flexibility index (Phi) is 3.69. The minimum absolute atomic E-state index is 0.0380. The van der Waals surface area contributed by atoms with Gasteiger partial charge in [0.1, 0.15) is 11.4 Å². The van der Waals surface area contributed by atoms with E-state index in [9.17, 15) is 4.79 Å². The molecule has 0 saturated carbocycles. The molecule has 0 aliphatic heterocycles. The number of rotatable bonds is 3. The van der Waals surface area contributed by atoms with Crippen LogP contribution in [0.3, 0.4) is 0 Å². The average molecular weight is 321 g/mol. The van der Waals surface area contributed by atoms with Crippen molar-refractivity contribution < 1.29 is 9.53 Å². The summed E-state index contributed by atoms with van der Waals surface area (Å²) in [5.41, 5.74) is 3.93. The summed E-state index contributed by atoms with van der Waals surface area (Å²) in [7, 11) is 1.61. The maximum Gasteiger partial charge on any atom is 0.227 e. The van der Waals surface area contributed by atoms with Crippen molar-refractivity contribution in [2.24, 2.45) is 5.92 Å². The van der Waals surface area contributed by atoms with Crippen molar-refractivity contribution in [1.29, 1.82) is 0 Å². The van der Waals surface area contributed by atoms with Gasteiger partial charge in [0, 0.05) is 24.2 Å². The Morgan fingerprint density at radius 2 is 2.08 bits per heavy atom. The third-order valence-electron chi connectivity index (χ3n) is 4.62. The Labute approximate surface area is 140 Å². The molecule has 2 aromatic heterocycles. The van der Waals surface area contributed by atoms with Gasteiger partial charge >= 0.3 is 0 Å². The number of benzene rings is 1. The molecule has 3 aromatic rings. The van der Waals surface area contributed by atoms with E-state index < -0.39 is 0 Å². The second-order valence-corrected chi connectivity index (χ2v) is 6.06. The van der Waals surface area contributed by atoms with Crippen LogP contribution in [0.1, 0.15) is 17.8 Å². The molecule has 5 nitrogen and oxygen atoms in total. The molecule has 5 heteroatoms. The van der Waals surface area contributed by atoms with Crippen LogP contribution in [0.2, 0.25) is 0 Å². The summed E-state index contributed by atoms with van der Waals surface area (Å²) in [6, 6.07) is 13.5. The Hall–Kier alpha value is -2.82. The van der Waals surface area contributed by atoms with Crippen molar-refractivity contribution in [2.45, 2.75) is 19.3 Å². The van der Waals surface area contributed by atoms with Crippen molar-refractivity contribution in [2.75, 3.05) is 12.4 Å². The normalized spacial score (nSPS) is 16.6. The molecule has 0 spiro atoms. The van der Waals surface area contributed by atoms with Crippen molar-refractivity contribution in [3.8, 4) is 5.75 Å². The van der Waals surface area contributed by atoms with Crippen LogP contribution in [-0.2, 0) is 17.6 Å². The van der Waals surface area contributed by atoms with Gasteiger partial charge in [0.25, 0.3) is 0 Å². The van der Waals surface area contributed by atoms with Crippen LogP contribution >= 0.6 is 0 Å². The summed E-state index contributed by atoms with van der Waals surface area (Å²) in [5, 5.41) is 3.01. The van der Waals surface area contributed by atoms with Crippen molar-refractivity contribution in [3.63, 3.8) is 0 Å². The number of pyridine rings is 1. The van der Waals surface area contributed by atoms with E-state index in [1.165, 1.54) is 0 Å². The summed E-state index contributed by atoms with van der Waals surface area (Å²) >= 11 is 0. The highest BCUT2D eigenvalue weighted by atomic mass is 16.5. The highest BCUT2D eigenvalue weighted by molar-refractivity contribution is 5.94. The molecule has 1 atom stereocenters. The van der Waals surface area contributed by atoms with Gasteiger partial charge < -0.3 is 14.5 Å². The minimum Gasteiger partial charge on any atom is -0.495 e. The van der Waals surface area contributed by atoms with Gasteiger partial charge in [-0.15, -0.1) is 0 Å². The first-order valence-corrected chi connectivity index (χ1v) is 8.15. The molecule has 1 unspecified atom stereocenters. The quantitative estimate of drug-likeness (QED) is 0.806. The van der Waals surface area contributed by atoms with E-state index >= 15 is 0 Å². The fourth-order valence-corrected chi connectivity index (χ4v) is 3.36. The van der Waals surface area contributed by atoms with Crippen molar-refractivity contribution >= 4 is 17.2 Å². The van der Waals surface area contributed by atoms with Crippen LogP contribution in [-0.4, -0.2) is 22.4 Å². The standard InChI is InChI=1S/C19H19N3O2/c1-24-17-7-3-2-6-15(17)21-19(23)13-9-10-14-16(12-13)22-11-5-4-8-18(22)20-14/h2-8,11,13H,9-10,12H2,1H3,(H,21,23). The number of para-hydroxylation sites is 2. The SMILES string of the molecule is COc1ccccc1NC(=O)C1CCc2nc3ccccn3c2C1. The lowest BCUT2D eigenvalue weighted by molar-refractivity contribution is -0.120. The number of nitrogens with one attached hydrogen (secondary N) is 1. The van der Waals surface area contributed by atoms with Gasteiger partial charge in [-0.2, -0.15) is 0 Å². The van der Waals surface area contributed by atoms with Gasteiger partial charge in [0.15, 0.2) is 0 Å². The summed E-state index contributed by atoms with van der Waals surface area (Å²) in [6.07, 6.45) is 4.38. The van der Waals surface area contributed by atoms with E-state index in [1.54, 1.807) is 7.11 Å². The van der Waals surface area contributed by atoms with Gasteiger partial charge in [-0.25, -0.2) is 4.98 Å². The first-order chi connectivity index (χ1) is 11.8. The summed E-state index contributed by atoms with van der Waals surface area (Å²) in [5.74, 6) is 0.663. The number of imidazole rings is 1. The minimum atomic E-state index is -0.0532. The molecule has 0 radical (unpaired) electrons. The van der Waals surface area contributed by atoms with E-state index in [2.05, 4.69) is 14.7 Å². The molecule has 1 aliphatic carbocycles. The highest BCUT2D eigenvalue weighted by Gasteiger charge is 2.28. The van der Waals surface area contributed by atoms with E-state index in [4.69, 9.17) is 4.74 Å². The zero-order valence-corrected chi connectivity index (χ0v) is 13.5. The number of nitrogens with zero attached hydrogens (tertiary/aromatic N) is 2. The van der Waals surface area contributed by atoms with Crippen molar-refractivity contribution in [1.82, 2.24) is 9.38 Å². The maximum absolute atomic E-state index is 12.7. The smallest absolute Gasteiger partial charge is 0.227 e. The van der Waals surface area contributed by atoms with E-state index in [1.807, 2.05) is 48.7 Å². The van der Waals surface area contributed by atoms with Gasteiger partial charge in [-0.1, -0.05) is 18.2 Å². The Morgan fingerprint density at radius 1 is 1.25 bits per heavy atom. The average Bonchev–Trinajstić information content (AvgIpc) is 3.00. The second kappa shape index (κ2) is 6.00. The number of carbonyl (C=O) groups is 1. The molecular formula is C19H19N3O2. The number of hydrogen-bond acceptors (Lipinski definition) is 3. The zero-order valence-electron chi connectivity index (χ0n) is 13.5. The lowest BCUT2D eigenvalue weighted by atomic mass is 9.89. The van der Waals surface area contributed by atoms with Crippen LogP contribution < -0.4 is 10.1 Å². The molecule has 1 N–H and O–H groups in total. The number of ether oxygens (including phenoxy) is 1. The number of fused-ring (bicyclic) bond motifs is 3. The van der Waals surface area contributed by atoms with E-state index in [0.717, 1.165) is 29.9 Å². The number of aryl methyl sites for hydroxylation is 1. The summed E-state index contributed by atoms with van der Waals surface area (Å²) in [6.45, 7) is 0. The van der Waals surface area contributed by atoms with Crippen LogP contribution in [0, 0.1) is 5.92 Å². The third-order valence-corrected chi connectivity index (χ3v) is 4.62. The highest BCUT2D eigenvalue weighted by Crippen LogP contribution is 2.29. The molecule has 0 bridgehead atoms. The molecular weight excluding hydrogens is 302 g/mol. The van der Waals surface area contributed by atoms with Crippen LogP contribution in [0.5, 0.6) is 5.75 Å². The number of carbonyl (C=O) groups excluding carboxylic acids is 1. The predicted octanol–water partition coefficient (Wildman–Crippen LogP) is 3.09. The molecule has 24 heavy (non-hydrogen) atoms. The predicted molar refractivity (Wildman–Crippen MR) is 92.3 cm³/mol. The number of amides is 1. The lowest BCUT2D eigenvalue weighted by Gasteiger charge is -2.21. The molecule has 1 aromatic carbocycles. The van der Waals surface area contributed by atoms with Gasteiger partial charge in [-0.3, -0.25) is 4.79 Å². The van der Waals surface area contributed by atoms with Crippen LogP contribution in [0.15, 0.2) is 48.7 Å². The molecule has 2 heterocycles. The lowest BCUT2D eigenvalue weighted by Crippen LogP contribution is -2.28. The fourth-order valence-electron chi connectivity index (χ4n) is 3.36. The first kappa shape index (κ1) is 14.8. The first-order valence-electron chi connectivity index (χ1n) is 8.15. The Morgan fingerprint density at radius 3 is 2.96 bits per heavy atom. The monoisotopic (exact) mass is 321 g/mol. The molecule has 1 amide bonds. The molecule has 1 aliphatic rings. The number of anilines is 1. The summed E-state index contributed by atoms with van der Waals surface area (Å²) < 4.78 is 7.40. The maximum atomic E-state index is 12.7. The number of hydrogen-bond donors (Lipinski definition) is 1. The fraction of sp³-hybridized carbons (Fsp3) is 0.263. The van der Waals surface area contributed by atoms with E-state index in [-0.39, 0.29) is 11.8 Å². The molecule has 0 fully saturated rings. The Bertz CT molecular complexity index is 901. The van der Waals surface area contributed by atoms with Crippen molar-refractivity contribution in [3.05, 3.63) is 60.0 Å². The second-order valence-electron chi connectivity index (χ2n) is 6.06. The molecule has 0 saturated heterocycles. The van der Waals surface area contributed by atoms with Gasteiger partial charge in [-0.05, 0) is 37.1 Å². The van der Waals surface area contributed by atoms with Gasteiger partial charge in [0.2, 0.25) is 5.91 Å². The number of aromatic nitrogens is 2. The zero-order chi connectivity index (χ0) is 16.5. The van der Waals surface area contributed by atoms with E-state index in [0.29, 0.717) is 17.9 Å². The van der Waals surface area contributed by atoms with Gasteiger partial charge in [0.05, 0.1) is 18.5 Å². The number of methoxy groups -OCH3 is 1. The summed E-state index contributed by atoms with van der Waals surface area (Å²) in [4.78, 5) is 17.4. The largest absolute Gasteiger partial charge is 0.495 e. The Balaban J connectivity index is 1.57.